The molecular formula is C20H23ClN4O2. The Labute approximate surface area is 163 Å². The van der Waals surface area contributed by atoms with Crippen molar-refractivity contribution >= 4 is 23.5 Å². The predicted octanol–water partition coefficient (Wildman–Crippen LogP) is 2.82. The van der Waals surface area contributed by atoms with E-state index in [1.54, 1.807) is 19.2 Å². The van der Waals surface area contributed by atoms with Gasteiger partial charge in [-0.05, 0) is 36.2 Å². The monoisotopic (exact) mass is 386 g/mol. The van der Waals surface area contributed by atoms with Gasteiger partial charge >= 0.3 is 0 Å². The van der Waals surface area contributed by atoms with Crippen LogP contribution in [0.3, 0.4) is 0 Å². The molecular weight excluding hydrogens is 364 g/mol. The topological polar surface area (TPSA) is 61.1 Å². The molecule has 0 spiro atoms. The molecule has 2 aliphatic rings. The van der Waals surface area contributed by atoms with Crippen molar-refractivity contribution in [1.29, 1.82) is 0 Å². The van der Waals surface area contributed by atoms with Gasteiger partial charge in [-0.15, -0.1) is 0 Å². The largest absolute Gasteiger partial charge is 0.459 e. The number of amides is 1. The molecule has 0 radical (unpaired) electrons. The number of benzene rings is 1. The van der Waals surface area contributed by atoms with Crippen molar-refractivity contribution in [1.82, 2.24) is 15.1 Å². The molecule has 6 nitrogen and oxygen atoms in total. The zero-order valence-corrected chi connectivity index (χ0v) is 16.0. The zero-order valence-electron chi connectivity index (χ0n) is 15.3. The molecule has 1 amide bonds. The first-order valence-corrected chi connectivity index (χ1v) is 9.60. The normalized spacial score (nSPS) is 22.7. The Morgan fingerprint density at radius 1 is 1.19 bits per heavy atom. The fraction of sp³-hybridized carbons (Fsp3) is 0.400. The summed E-state index contributed by atoms with van der Waals surface area (Å²) < 4.78 is 5.22. The van der Waals surface area contributed by atoms with Crippen molar-refractivity contribution in [2.24, 2.45) is 4.99 Å². The Kier molecular flexibility index (Phi) is 5.07. The van der Waals surface area contributed by atoms with Crippen molar-refractivity contribution in [2.45, 2.75) is 18.4 Å². The summed E-state index contributed by atoms with van der Waals surface area (Å²) in [5.41, 5.74) is 1.27. The van der Waals surface area contributed by atoms with Crippen molar-refractivity contribution < 1.29 is 9.21 Å². The van der Waals surface area contributed by atoms with Gasteiger partial charge in [0.1, 0.15) is 0 Å². The molecule has 2 fully saturated rings. The van der Waals surface area contributed by atoms with Crippen LogP contribution < -0.4 is 5.32 Å². The quantitative estimate of drug-likeness (QED) is 0.651. The highest BCUT2D eigenvalue weighted by molar-refractivity contribution is 6.30. The van der Waals surface area contributed by atoms with Gasteiger partial charge in [0.25, 0.3) is 5.91 Å². The van der Waals surface area contributed by atoms with E-state index in [2.05, 4.69) is 21.3 Å². The summed E-state index contributed by atoms with van der Waals surface area (Å²) in [5.74, 6) is 1.72. The van der Waals surface area contributed by atoms with Crippen molar-refractivity contribution in [2.75, 3.05) is 33.2 Å². The number of halogens is 1. The molecule has 2 heterocycles. The minimum atomic E-state index is -0.0502. The number of aliphatic imine (C=N–C) groups is 1. The van der Waals surface area contributed by atoms with E-state index in [4.69, 9.17) is 16.0 Å². The lowest BCUT2D eigenvalue weighted by Crippen LogP contribution is -2.54. The number of guanidine groups is 1. The van der Waals surface area contributed by atoms with Gasteiger partial charge < -0.3 is 19.5 Å². The Balaban J connectivity index is 1.31. The first-order valence-electron chi connectivity index (χ1n) is 9.22. The molecule has 1 saturated carbocycles. The van der Waals surface area contributed by atoms with Crippen LogP contribution in [0.1, 0.15) is 28.5 Å². The molecule has 7 heteroatoms. The van der Waals surface area contributed by atoms with E-state index >= 15 is 0 Å². The minimum absolute atomic E-state index is 0.0502. The highest BCUT2D eigenvalue weighted by atomic mass is 35.5. The SMILES string of the molecule is CN=C(NC1CC1c1cccc(Cl)c1)N1CCN(C(=O)c2ccco2)CC1. The first kappa shape index (κ1) is 17.9. The zero-order chi connectivity index (χ0) is 18.8. The number of nitrogens with one attached hydrogen (secondary N) is 1. The number of rotatable bonds is 3. The van der Waals surface area contributed by atoms with E-state index in [-0.39, 0.29) is 5.91 Å². The van der Waals surface area contributed by atoms with Gasteiger partial charge in [-0.3, -0.25) is 9.79 Å². The van der Waals surface area contributed by atoms with Crippen LogP contribution >= 0.6 is 11.6 Å². The van der Waals surface area contributed by atoms with Crippen LogP contribution in [0.5, 0.6) is 0 Å². The first-order chi connectivity index (χ1) is 13.2. The van der Waals surface area contributed by atoms with Crippen LogP contribution in [0.4, 0.5) is 0 Å². The summed E-state index contributed by atoms with van der Waals surface area (Å²) in [5, 5.41) is 4.34. The lowest BCUT2D eigenvalue weighted by Gasteiger charge is -2.36. The molecule has 1 N–H and O–H groups in total. The maximum Gasteiger partial charge on any atom is 0.289 e. The Morgan fingerprint density at radius 3 is 2.63 bits per heavy atom. The molecule has 2 aromatic rings. The van der Waals surface area contributed by atoms with Crippen molar-refractivity contribution in [3.05, 3.63) is 59.0 Å². The maximum absolute atomic E-state index is 12.4. The van der Waals surface area contributed by atoms with Gasteiger partial charge in [-0.1, -0.05) is 23.7 Å². The lowest BCUT2D eigenvalue weighted by atomic mass is 10.1. The highest BCUT2D eigenvalue weighted by Gasteiger charge is 2.40. The molecule has 4 rings (SSSR count). The average molecular weight is 387 g/mol. The molecule has 142 valence electrons. The third kappa shape index (κ3) is 3.95. The highest BCUT2D eigenvalue weighted by Crippen LogP contribution is 2.41. The fourth-order valence-electron chi connectivity index (χ4n) is 3.60. The number of furan rings is 1. The van der Waals surface area contributed by atoms with E-state index in [9.17, 15) is 4.79 Å². The van der Waals surface area contributed by atoms with Crippen molar-refractivity contribution in [3.8, 4) is 0 Å². The van der Waals surface area contributed by atoms with Crippen LogP contribution in [0.25, 0.3) is 0 Å². The van der Waals surface area contributed by atoms with Crippen LogP contribution in [-0.4, -0.2) is 60.9 Å². The summed E-state index contributed by atoms with van der Waals surface area (Å²) in [6.45, 7) is 2.81. The van der Waals surface area contributed by atoms with Gasteiger partial charge in [0, 0.05) is 50.2 Å². The summed E-state index contributed by atoms with van der Waals surface area (Å²) >= 11 is 6.10. The molecule has 1 aromatic carbocycles. The van der Waals surface area contributed by atoms with E-state index in [0.29, 0.717) is 30.8 Å². The Morgan fingerprint density at radius 2 is 1.96 bits per heavy atom. The minimum Gasteiger partial charge on any atom is -0.459 e. The second-order valence-electron chi connectivity index (χ2n) is 6.95. The third-order valence-corrected chi connectivity index (χ3v) is 5.43. The number of nitrogens with zero attached hydrogens (tertiary/aromatic N) is 3. The van der Waals surface area contributed by atoms with E-state index in [1.165, 1.54) is 11.8 Å². The van der Waals surface area contributed by atoms with Gasteiger partial charge in [-0.25, -0.2) is 0 Å². The summed E-state index contributed by atoms with van der Waals surface area (Å²) in [4.78, 5) is 20.9. The molecule has 1 aliphatic heterocycles. The molecule has 1 aromatic heterocycles. The van der Waals surface area contributed by atoms with E-state index in [0.717, 1.165) is 30.5 Å². The van der Waals surface area contributed by atoms with Gasteiger partial charge in [0.15, 0.2) is 11.7 Å². The van der Waals surface area contributed by atoms with Crippen LogP contribution in [0, 0.1) is 0 Å². The Hall–Kier alpha value is -2.47. The van der Waals surface area contributed by atoms with Crippen molar-refractivity contribution in [3.63, 3.8) is 0 Å². The average Bonchev–Trinajstić information content (AvgIpc) is 3.25. The molecule has 1 aliphatic carbocycles. The standard InChI is InChI=1S/C20H23ClN4O2/c1-22-20(23-17-13-16(17)14-4-2-5-15(21)12-14)25-9-7-24(8-10-25)19(26)18-6-3-11-27-18/h2-6,11-12,16-17H,7-10,13H2,1H3,(H,22,23). The summed E-state index contributed by atoms with van der Waals surface area (Å²) in [6.07, 6.45) is 2.61. The van der Waals surface area contributed by atoms with Gasteiger partial charge in [0.2, 0.25) is 0 Å². The second kappa shape index (κ2) is 7.64. The second-order valence-corrected chi connectivity index (χ2v) is 7.39. The number of carbonyl (C=O) groups is 1. The van der Waals surface area contributed by atoms with E-state index in [1.807, 2.05) is 23.1 Å². The van der Waals surface area contributed by atoms with Gasteiger partial charge in [0.05, 0.1) is 6.26 Å². The molecule has 27 heavy (non-hydrogen) atoms. The van der Waals surface area contributed by atoms with Crippen LogP contribution in [0.2, 0.25) is 5.02 Å². The number of carbonyl (C=O) groups excluding carboxylic acids is 1. The number of hydrogen-bond donors (Lipinski definition) is 1. The third-order valence-electron chi connectivity index (χ3n) is 5.19. The molecule has 1 saturated heterocycles. The Bertz CT molecular complexity index is 828. The summed E-state index contributed by atoms with van der Waals surface area (Å²) in [7, 11) is 1.81. The van der Waals surface area contributed by atoms with Gasteiger partial charge in [-0.2, -0.15) is 0 Å². The number of hydrogen-bond acceptors (Lipinski definition) is 3. The van der Waals surface area contributed by atoms with Crippen LogP contribution in [0.15, 0.2) is 52.1 Å². The number of piperazine rings is 1. The predicted molar refractivity (Wildman–Crippen MR) is 105 cm³/mol. The van der Waals surface area contributed by atoms with Crippen LogP contribution in [-0.2, 0) is 0 Å². The molecule has 0 bridgehead atoms. The molecule has 2 unspecified atom stereocenters. The maximum atomic E-state index is 12.4. The van der Waals surface area contributed by atoms with E-state index < -0.39 is 0 Å². The lowest BCUT2D eigenvalue weighted by molar-refractivity contribution is 0.0657. The molecule has 2 atom stereocenters. The summed E-state index contributed by atoms with van der Waals surface area (Å²) in [6, 6.07) is 11.9. The smallest absolute Gasteiger partial charge is 0.289 e. The fourth-order valence-corrected chi connectivity index (χ4v) is 3.80.